The molecule has 1 saturated heterocycles. The monoisotopic (exact) mass is 257 g/mol. The molecular formula is C13H17ClFNO. The van der Waals surface area contributed by atoms with Crippen LogP contribution in [0.5, 0.6) is 0 Å². The Kier molecular flexibility index (Phi) is 4.37. The maximum Gasteiger partial charge on any atom is 0.141 e. The Bertz CT molecular complexity index is 380. The SMILES string of the molecule is NC(CCC1CCCO1)c1ccc(F)c(Cl)c1. The van der Waals surface area contributed by atoms with Gasteiger partial charge in [-0.3, -0.25) is 0 Å². The van der Waals surface area contributed by atoms with Crippen molar-refractivity contribution in [2.45, 2.75) is 37.8 Å². The predicted octanol–water partition coefficient (Wildman–Crippen LogP) is 3.44. The maximum absolute atomic E-state index is 13.0. The van der Waals surface area contributed by atoms with Crippen LogP contribution in [0.3, 0.4) is 0 Å². The molecule has 1 heterocycles. The van der Waals surface area contributed by atoms with Gasteiger partial charge in [-0.25, -0.2) is 4.39 Å². The fourth-order valence-corrected chi connectivity index (χ4v) is 2.34. The molecule has 2 nitrogen and oxygen atoms in total. The van der Waals surface area contributed by atoms with Crippen molar-refractivity contribution in [2.24, 2.45) is 5.73 Å². The highest BCUT2D eigenvalue weighted by atomic mass is 35.5. The zero-order valence-electron chi connectivity index (χ0n) is 9.66. The molecule has 2 unspecified atom stereocenters. The minimum Gasteiger partial charge on any atom is -0.378 e. The number of benzene rings is 1. The van der Waals surface area contributed by atoms with Crippen LogP contribution in [0, 0.1) is 5.82 Å². The van der Waals surface area contributed by atoms with E-state index < -0.39 is 5.82 Å². The zero-order valence-corrected chi connectivity index (χ0v) is 10.4. The molecule has 1 aromatic carbocycles. The van der Waals surface area contributed by atoms with Gasteiger partial charge in [0.1, 0.15) is 5.82 Å². The van der Waals surface area contributed by atoms with Gasteiger partial charge in [-0.15, -0.1) is 0 Å². The van der Waals surface area contributed by atoms with Crippen LogP contribution in [0.25, 0.3) is 0 Å². The first-order valence-corrected chi connectivity index (χ1v) is 6.37. The van der Waals surface area contributed by atoms with E-state index in [0.29, 0.717) is 6.10 Å². The second-order valence-corrected chi connectivity index (χ2v) is 4.90. The average molecular weight is 258 g/mol. The van der Waals surface area contributed by atoms with Crippen molar-refractivity contribution in [3.8, 4) is 0 Å². The normalized spacial score (nSPS) is 21.7. The summed E-state index contributed by atoms with van der Waals surface area (Å²) in [6, 6.07) is 4.57. The summed E-state index contributed by atoms with van der Waals surface area (Å²) in [6.45, 7) is 0.863. The summed E-state index contributed by atoms with van der Waals surface area (Å²) < 4.78 is 18.5. The Morgan fingerprint density at radius 2 is 2.35 bits per heavy atom. The molecule has 2 atom stereocenters. The summed E-state index contributed by atoms with van der Waals surface area (Å²) in [5.74, 6) is -0.401. The molecule has 4 heteroatoms. The highest BCUT2D eigenvalue weighted by molar-refractivity contribution is 6.30. The van der Waals surface area contributed by atoms with Crippen molar-refractivity contribution in [3.63, 3.8) is 0 Å². The summed E-state index contributed by atoms with van der Waals surface area (Å²) >= 11 is 5.73. The van der Waals surface area contributed by atoms with Crippen LogP contribution in [0.1, 0.15) is 37.3 Å². The van der Waals surface area contributed by atoms with Gasteiger partial charge >= 0.3 is 0 Å². The molecule has 0 spiro atoms. The summed E-state index contributed by atoms with van der Waals surface area (Å²) in [4.78, 5) is 0. The minimum absolute atomic E-state index is 0.0997. The standard InChI is InChI=1S/C13H17ClFNO/c14-11-8-9(3-5-12(11)15)13(16)6-4-10-2-1-7-17-10/h3,5,8,10,13H,1-2,4,6-7,16H2. The maximum atomic E-state index is 13.0. The third-order valence-electron chi connectivity index (χ3n) is 3.20. The van der Waals surface area contributed by atoms with Gasteiger partial charge in [0.2, 0.25) is 0 Å². The second-order valence-electron chi connectivity index (χ2n) is 4.49. The molecule has 0 amide bonds. The van der Waals surface area contributed by atoms with Gasteiger partial charge in [-0.1, -0.05) is 17.7 Å². The fourth-order valence-electron chi connectivity index (χ4n) is 2.15. The summed E-state index contributed by atoms with van der Waals surface area (Å²) in [5.41, 5.74) is 6.94. The summed E-state index contributed by atoms with van der Waals surface area (Å²) in [7, 11) is 0. The molecular weight excluding hydrogens is 241 g/mol. The molecule has 0 radical (unpaired) electrons. The third-order valence-corrected chi connectivity index (χ3v) is 3.49. The lowest BCUT2D eigenvalue weighted by Crippen LogP contribution is -2.14. The van der Waals surface area contributed by atoms with Crippen LogP contribution < -0.4 is 5.73 Å². The van der Waals surface area contributed by atoms with Crippen LogP contribution >= 0.6 is 11.6 Å². The first kappa shape index (κ1) is 12.8. The fraction of sp³-hybridized carbons (Fsp3) is 0.538. The number of rotatable bonds is 4. The first-order chi connectivity index (χ1) is 8.16. The molecule has 0 aromatic heterocycles. The molecule has 94 valence electrons. The van der Waals surface area contributed by atoms with E-state index in [9.17, 15) is 4.39 Å². The van der Waals surface area contributed by atoms with Gasteiger partial charge in [0.25, 0.3) is 0 Å². The van der Waals surface area contributed by atoms with Crippen LogP contribution in [0.4, 0.5) is 4.39 Å². The quantitative estimate of drug-likeness (QED) is 0.897. The van der Waals surface area contributed by atoms with Gasteiger partial charge < -0.3 is 10.5 Å². The van der Waals surface area contributed by atoms with E-state index in [1.54, 1.807) is 12.1 Å². The van der Waals surface area contributed by atoms with Gasteiger partial charge in [0.05, 0.1) is 11.1 Å². The lowest BCUT2D eigenvalue weighted by atomic mass is 10.00. The van der Waals surface area contributed by atoms with Crippen molar-refractivity contribution in [1.82, 2.24) is 0 Å². The Morgan fingerprint density at radius 1 is 1.53 bits per heavy atom. The Morgan fingerprint density at radius 3 is 3.00 bits per heavy atom. The molecule has 17 heavy (non-hydrogen) atoms. The first-order valence-electron chi connectivity index (χ1n) is 5.99. The zero-order chi connectivity index (χ0) is 12.3. The van der Waals surface area contributed by atoms with Crippen molar-refractivity contribution in [3.05, 3.63) is 34.6 Å². The molecule has 2 N–H and O–H groups in total. The largest absolute Gasteiger partial charge is 0.378 e. The number of nitrogens with two attached hydrogens (primary N) is 1. The number of ether oxygens (including phenoxy) is 1. The molecule has 1 aromatic rings. The minimum atomic E-state index is -0.401. The van der Waals surface area contributed by atoms with E-state index in [2.05, 4.69) is 0 Å². The third kappa shape index (κ3) is 3.41. The molecule has 0 bridgehead atoms. The smallest absolute Gasteiger partial charge is 0.141 e. The van der Waals surface area contributed by atoms with Gasteiger partial charge in [0, 0.05) is 12.6 Å². The average Bonchev–Trinajstić information content (AvgIpc) is 2.82. The second kappa shape index (κ2) is 5.80. The lowest BCUT2D eigenvalue weighted by Gasteiger charge is -2.15. The van der Waals surface area contributed by atoms with Gasteiger partial charge in [-0.05, 0) is 43.4 Å². The van der Waals surface area contributed by atoms with E-state index in [1.165, 1.54) is 6.07 Å². The van der Waals surface area contributed by atoms with E-state index >= 15 is 0 Å². The molecule has 0 saturated carbocycles. The van der Waals surface area contributed by atoms with Crippen molar-refractivity contribution >= 4 is 11.6 Å². The molecule has 2 rings (SSSR count). The van der Waals surface area contributed by atoms with E-state index in [4.69, 9.17) is 22.1 Å². The Hall–Kier alpha value is -0.640. The van der Waals surface area contributed by atoms with Crippen molar-refractivity contribution < 1.29 is 9.13 Å². The highest BCUT2D eigenvalue weighted by Crippen LogP contribution is 2.25. The predicted molar refractivity (Wildman–Crippen MR) is 66.5 cm³/mol. The summed E-state index contributed by atoms with van der Waals surface area (Å²) in [6.07, 6.45) is 4.40. The highest BCUT2D eigenvalue weighted by Gasteiger charge is 2.17. The number of halogens is 2. The van der Waals surface area contributed by atoms with Crippen LogP contribution in [0.15, 0.2) is 18.2 Å². The van der Waals surface area contributed by atoms with Crippen molar-refractivity contribution in [2.75, 3.05) is 6.61 Å². The molecule has 1 aliphatic heterocycles. The molecule has 1 fully saturated rings. The van der Waals surface area contributed by atoms with Gasteiger partial charge in [0.15, 0.2) is 0 Å². The number of hydrogen-bond acceptors (Lipinski definition) is 2. The van der Waals surface area contributed by atoms with Crippen LogP contribution in [0.2, 0.25) is 5.02 Å². The van der Waals surface area contributed by atoms with E-state index in [0.717, 1.165) is 37.9 Å². The van der Waals surface area contributed by atoms with E-state index in [-0.39, 0.29) is 11.1 Å². The Labute approximate surface area is 106 Å². The lowest BCUT2D eigenvalue weighted by molar-refractivity contribution is 0.101. The van der Waals surface area contributed by atoms with Gasteiger partial charge in [-0.2, -0.15) is 0 Å². The van der Waals surface area contributed by atoms with Crippen LogP contribution in [-0.2, 0) is 4.74 Å². The molecule has 0 aliphatic carbocycles. The topological polar surface area (TPSA) is 35.2 Å². The van der Waals surface area contributed by atoms with E-state index in [1.807, 2.05) is 0 Å². The number of hydrogen-bond donors (Lipinski definition) is 1. The Balaban J connectivity index is 1.89. The van der Waals surface area contributed by atoms with Crippen molar-refractivity contribution in [1.29, 1.82) is 0 Å². The molecule has 1 aliphatic rings. The summed E-state index contributed by atoms with van der Waals surface area (Å²) in [5, 5.41) is 0.134. The van der Waals surface area contributed by atoms with Crippen LogP contribution in [-0.4, -0.2) is 12.7 Å².